The zero-order valence-electron chi connectivity index (χ0n) is 18.3. The minimum Gasteiger partial charge on any atom is -0.485 e. The number of ether oxygens (including phenoxy) is 1. The molecular weight excluding hydrogens is 452 g/mol. The van der Waals surface area contributed by atoms with E-state index in [1.165, 1.54) is 22.9 Å². The van der Waals surface area contributed by atoms with Gasteiger partial charge in [-0.1, -0.05) is 0 Å². The lowest BCUT2D eigenvalue weighted by Crippen LogP contribution is -2.52. The van der Waals surface area contributed by atoms with Gasteiger partial charge in [0.25, 0.3) is 15.7 Å². The van der Waals surface area contributed by atoms with Gasteiger partial charge in [-0.05, 0) is 56.5 Å². The highest BCUT2D eigenvalue weighted by Crippen LogP contribution is 2.41. The van der Waals surface area contributed by atoms with Crippen molar-refractivity contribution in [2.24, 2.45) is 0 Å². The van der Waals surface area contributed by atoms with Gasteiger partial charge in [-0.15, -0.1) is 20.2 Å². The van der Waals surface area contributed by atoms with Gasteiger partial charge >= 0.3 is 0 Å². The lowest BCUT2D eigenvalue weighted by Gasteiger charge is -2.42. The molecule has 3 unspecified atom stereocenters. The molecule has 1 aliphatic rings. The molecule has 0 fully saturated rings. The summed E-state index contributed by atoms with van der Waals surface area (Å²) >= 11 is 0. The van der Waals surface area contributed by atoms with E-state index in [1.54, 1.807) is 26.0 Å². The minimum absolute atomic E-state index is 0.0143. The highest BCUT2D eigenvalue weighted by Gasteiger charge is 2.44. The van der Waals surface area contributed by atoms with Crippen LogP contribution in [0.2, 0.25) is 0 Å². The largest absolute Gasteiger partial charge is 0.485 e. The first kappa shape index (κ1) is 24.5. The number of pyridine rings is 1. The van der Waals surface area contributed by atoms with Crippen LogP contribution >= 0.6 is 0 Å². The van der Waals surface area contributed by atoms with Gasteiger partial charge in [0.1, 0.15) is 23.6 Å². The number of hydrogen-bond donors (Lipinski definition) is 1. The molecule has 34 heavy (non-hydrogen) atoms. The van der Waals surface area contributed by atoms with Crippen molar-refractivity contribution in [1.82, 2.24) is 4.57 Å². The summed E-state index contributed by atoms with van der Waals surface area (Å²) in [5.74, 6) is 0.413. The minimum atomic E-state index is -1.16. The topological polar surface area (TPSA) is 180 Å². The summed E-state index contributed by atoms with van der Waals surface area (Å²) < 4.78 is 7.13. The van der Waals surface area contributed by atoms with Gasteiger partial charge in [-0.2, -0.15) is 5.26 Å². The molecule has 0 amide bonds. The zero-order valence-corrected chi connectivity index (χ0v) is 18.3. The van der Waals surface area contributed by atoms with E-state index < -0.39 is 39.6 Å². The van der Waals surface area contributed by atoms with Crippen LogP contribution in [0.15, 0.2) is 41.3 Å². The maximum atomic E-state index is 13.1. The SMILES string of the molecule is CC1(C)Oc2ccc(C#N)cc2C(n2ccc(C(CCCO[N+](=O)[O-])O[N+](=O)[O-])cc2=O)C1O. The Bertz CT molecular complexity index is 1190. The normalized spacial score (nSPS) is 19.1. The van der Waals surface area contributed by atoms with Crippen molar-refractivity contribution in [2.45, 2.75) is 50.5 Å². The van der Waals surface area contributed by atoms with Crippen molar-refractivity contribution in [3.63, 3.8) is 0 Å². The van der Waals surface area contributed by atoms with Crippen molar-refractivity contribution in [3.05, 3.63) is 83.8 Å². The number of aliphatic hydroxyl groups excluding tert-OH is 1. The Labute approximate surface area is 192 Å². The number of fused-ring (bicyclic) bond motifs is 1. The molecule has 13 nitrogen and oxygen atoms in total. The van der Waals surface area contributed by atoms with Gasteiger partial charge in [0.05, 0.1) is 24.3 Å². The Balaban J connectivity index is 1.97. The molecule has 13 heteroatoms. The molecule has 0 radical (unpaired) electrons. The van der Waals surface area contributed by atoms with Gasteiger partial charge in [-0.25, -0.2) is 0 Å². The fourth-order valence-corrected chi connectivity index (χ4v) is 3.87. The second kappa shape index (κ2) is 9.75. The molecule has 2 heterocycles. The molecule has 1 N–H and O–H groups in total. The van der Waals surface area contributed by atoms with Crippen LogP contribution in [0.1, 0.15) is 55.5 Å². The molecule has 2 aromatic rings. The van der Waals surface area contributed by atoms with Gasteiger partial charge in [0.15, 0.2) is 0 Å². The molecule has 0 bridgehead atoms. The van der Waals surface area contributed by atoms with Crippen LogP contribution in [-0.2, 0) is 9.68 Å². The van der Waals surface area contributed by atoms with E-state index >= 15 is 0 Å². The Morgan fingerprint density at radius 2 is 2.00 bits per heavy atom. The average Bonchev–Trinajstić information content (AvgIpc) is 2.76. The van der Waals surface area contributed by atoms with Crippen molar-refractivity contribution < 1.29 is 29.7 Å². The summed E-state index contributed by atoms with van der Waals surface area (Å²) in [6, 6.07) is 8.41. The predicted octanol–water partition coefficient (Wildman–Crippen LogP) is 2.08. The van der Waals surface area contributed by atoms with Gasteiger partial charge in [0, 0.05) is 17.8 Å². The molecule has 1 aliphatic heterocycles. The predicted molar refractivity (Wildman–Crippen MR) is 114 cm³/mol. The highest BCUT2D eigenvalue weighted by atomic mass is 17.0. The maximum Gasteiger partial charge on any atom is 0.295 e. The van der Waals surface area contributed by atoms with Crippen LogP contribution in [0.5, 0.6) is 5.75 Å². The number of aromatic nitrogens is 1. The Kier molecular flexibility index (Phi) is 7.02. The standard InChI is InChI=1S/C21H22N4O9/c1-21(2)20(27)19(15-10-13(12-22)5-6-17(15)33-21)23-8-7-14(11-18(23)26)16(34-25(30)31)4-3-9-32-24(28)29/h5-8,10-11,16,19-20,27H,3-4,9H2,1-2H3. The van der Waals surface area contributed by atoms with E-state index in [9.17, 15) is 35.4 Å². The monoisotopic (exact) mass is 474 g/mol. The van der Waals surface area contributed by atoms with E-state index in [2.05, 4.69) is 9.68 Å². The van der Waals surface area contributed by atoms with Crippen LogP contribution in [0, 0.1) is 31.6 Å². The van der Waals surface area contributed by atoms with E-state index in [1.807, 2.05) is 6.07 Å². The molecule has 0 saturated heterocycles. The molecule has 0 spiro atoms. The molecule has 0 aliphatic carbocycles. The summed E-state index contributed by atoms with van der Waals surface area (Å²) in [4.78, 5) is 43.2. The molecule has 0 saturated carbocycles. The summed E-state index contributed by atoms with van der Waals surface area (Å²) in [7, 11) is 0. The van der Waals surface area contributed by atoms with Gasteiger partial charge in [0.2, 0.25) is 0 Å². The summed E-state index contributed by atoms with van der Waals surface area (Å²) in [5, 5.41) is 39.5. The first-order valence-corrected chi connectivity index (χ1v) is 10.2. The number of rotatable bonds is 9. The van der Waals surface area contributed by atoms with E-state index in [4.69, 9.17) is 4.74 Å². The van der Waals surface area contributed by atoms with E-state index in [0.717, 1.165) is 6.07 Å². The van der Waals surface area contributed by atoms with Crippen molar-refractivity contribution in [3.8, 4) is 11.8 Å². The number of aliphatic hydroxyl groups is 1. The zero-order chi connectivity index (χ0) is 25.0. The molecule has 1 aromatic carbocycles. The Morgan fingerprint density at radius 3 is 2.62 bits per heavy atom. The molecule has 1 aromatic heterocycles. The third-order valence-corrected chi connectivity index (χ3v) is 5.51. The second-order valence-corrected chi connectivity index (χ2v) is 8.18. The summed E-state index contributed by atoms with van der Waals surface area (Å²) in [5.41, 5.74) is -0.689. The van der Waals surface area contributed by atoms with Crippen LogP contribution in [-0.4, -0.2) is 38.2 Å². The van der Waals surface area contributed by atoms with Crippen molar-refractivity contribution in [1.29, 1.82) is 5.26 Å². The fourth-order valence-electron chi connectivity index (χ4n) is 3.87. The highest BCUT2D eigenvalue weighted by molar-refractivity contribution is 5.46. The molecule has 3 rings (SSSR count). The molecule has 3 atom stereocenters. The lowest BCUT2D eigenvalue weighted by atomic mass is 9.85. The fraction of sp³-hybridized carbons (Fsp3) is 0.429. The first-order chi connectivity index (χ1) is 16.0. The number of hydrogen-bond acceptors (Lipinski definition) is 10. The summed E-state index contributed by atoms with van der Waals surface area (Å²) in [6.45, 7) is 3.04. The van der Waals surface area contributed by atoms with Crippen molar-refractivity contribution in [2.75, 3.05) is 6.61 Å². The Morgan fingerprint density at radius 1 is 1.26 bits per heavy atom. The number of benzene rings is 1. The van der Waals surface area contributed by atoms with Gasteiger partial charge in [-0.3, -0.25) is 4.79 Å². The van der Waals surface area contributed by atoms with Crippen LogP contribution in [0.3, 0.4) is 0 Å². The maximum absolute atomic E-state index is 13.1. The quantitative estimate of drug-likeness (QED) is 0.321. The van der Waals surface area contributed by atoms with Crippen LogP contribution < -0.4 is 10.3 Å². The third-order valence-electron chi connectivity index (χ3n) is 5.51. The average molecular weight is 474 g/mol. The third kappa shape index (κ3) is 5.24. The van der Waals surface area contributed by atoms with Crippen LogP contribution in [0.25, 0.3) is 0 Å². The number of nitrogens with zero attached hydrogens (tertiary/aromatic N) is 4. The summed E-state index contributed by atoms with van der Waals surface area (Å²) in [6.07, 6.45) is -0.886. The van der Waals surface area contributed by atoms with Crippen LogP contribution in [0.4, 0.5) is 0 Å². The Hall–Kier alpha value is -4.18. The molecule has 180 valence electrons. The second-order valence-electron chi connectivity index (χ2n) is 8.18. The van der Waals surface area contributed by atoms with E-state index in [-0.39, 0.29) is 25.0 Å². The lowest BCUT2D eigenvalue weighted by molar-refractivity contribution is -0.772. The van der Waals surface area contributed by atoms with Gasteiger partial charge < -0.3 is 24.1 Å². The van der Waals surface area contributed by atoms with E-state index in [0.29, 0.717) is 16.9 Å². The molecular formula is C21H22N4O9. The first-order valence-electron chi connectivity index (χ1n) is 10.2. The smallest absolute Gasteiger partial charge is 0.295 e. The van der Waals surface area contributed by atoms with Crippen molar-refractivity contribution >= 4 is 0 Å². The number of nitriles is 1.